The van der Waals surface area contributed by atoms with Crippen molar-refractivity contribution in [1.82, 2.24) is 0 Å². The Morgan fingerprint density at radius 2 is 2.12 bits per heavy atom. The van der Waals surface area contributed by atoms with Crippen LogP contribution in [0.2, 0.25) is 10.0 Å². The third-order valence-electron chi connectivity index (χ3n) is 2.57. The molecule has 0 aliphatic carbocycles. The molecule has 4 heteroatoms. The van der Waals surface area contributed by atoms with E-state index in [2.05, 4.69) is 4.99 Å². The highest BCUT2D eigenvalue weighted by Crippen LogP contribution is 2.23. The molecule has 1 heterocycles. The smallest absolute Gasteiger partial charge is 0.168 e. The van der Waals surface area contributed by atoms with Gasteiger partial charge < -0.3 is 0 Å². The maximum Gasteiger partial charge on any atom is 0.168 e. The molecule has 0 N–H and O–H groups in total. The summed E-state index contributed by atoms with van der Waals surface area (Å²) in [6.45, 7) is 0.851. The number of Topliss-reactive ketones (excluding diaryl/α,β-unsaturated/α-hetero) is 1. The van der Waals surface area contributed by atoms with Crippen molar-refractivity contribution in [1.29, 1.82) is 0 Å². The molecular weight excluding hydrogens is 245 g/mol. The van der Waals surface area contributed by atoms with Gasteiger partial charge in [-0.2, -0.15) is 0 Å². The van der Waals surface area contributed by atoms with Crippen LogP contribution in [0, 0.1) is 0 Å². The molecular formula is C12H11Cl2NO. The summed E-state index contributed by atoms with van der Waals surface area (Å²) in [5, 5.41) is 0.886. The van der Waals surface area contributed by atoms with E-state index in [9.17, 15) is 4.79 Å². The van der Waals surface area contributed by atoms with Crippen molar-refractivity contribution in [3.05, 3.63) is 33.8 Å². The van der Waals surface area contributed by atoms with Crippen LogP contribution in [0.5, 0.6) is 0 Å². The van der Waals surface area contributed by atoms with Gasteiger partial charge in [-0.1, -0.05) is 23.2 Å². The molecule has 16 heavy (non-hydrogen) atoms. The van der Waals surface area contributed by atoms with Gasteiger partial charge >= 0.3 is 0 Å². The zero-order valence-electron chi connectivity index (χ0n) is 8.67. The van der Waals surface area contributed by atoms with Crippen LogP contribution in [0.4, 0.5) is 0 Å². The van der Waals surface area contributed by atoms with E-state index in [4.69, 9.17) is 23.2 Å². The number of ketones is 1. The first kappa shape index (κ1) is 11.6. The van der Waals surface area contributed by atoms with Gasteiger partial charge in [-0.25, -0.2) is 0 Å². The minimum atomic E-state index is 0.0548. The summed E-state index contributed by atoms with van der Waals surface area (Å²) in [4.78, 5) is 16.2. The Kier molecular flexibility index (Phi) is 3.62. The molecule has 0 fully saturated rings. The zero-order valence-corrected chi connectivity index (χ0v) is 10.2. The van der Waals surface area contributed by atoms with Crippen molar-refractivity contribution in [2.45, 2.75) is 19.3 Å². The van der Waals surface area contributed by atoms with Gasteiger partial charge in [0.1, 0.15) is 0 Å². The molecule has 2 nitrogen and oxygen atoms in total. The molecule has 0 atom stereocenters. The second kappa shape index (κ2) is 4.98. The molecule has 1 aliphatic heterocycles. The van der Waals surface area contributed by atoms with Gasteiger partial charge in [-0.3, -0.25) is 9.79 Å². The normalized spacial score (nSPS) is 15.0. The number of nitrogens with zero attached hydrogens (tertiary/aromatic N) is 1. The fourth-order valence-corrected chi connectivity index (χ4v) is 2.00. The summed E-state index contributed by atoms with van der Waals surface area (Å²) in [5.74, 6) is 0.0548. The highest BCUT2D eigenvalue weighted by atomic mass is 35.5. The summed E-state index contributed by atoms with van der Waals surface area (Å²) >= 11 is 11.6. The third-order valence-corrected chi connectivity index (χ3v) is 3.30. The molecule has 84 valence electrons. The van der Waals surface area contributed by atoms with Crippen molar-refractivity contribution in [3.8, 4) is 0 Å². The quantitative estimate of drug-likeness (QED) is 0.756. The molecule has 0 bridgehead atoms. The summed E-state index contributed by atoms with van der Waals surface area (Å²) < 4.78 is 0. The number of halogens is 2. The third kappa shape index (κ3) is 2.63. The van der Waals surface area contributed by atoms with Crippen LogP contribution in [0.3, 0.4) is 0 Å². The Labute approximate surface area is 104 Å². The summed E-state index contributed by atoms with van der Waals surface area (Å²) in [6, 6.07) is 4.96. The van der Waals surface area contributed by atoms with Gasteiger partial charge in [0.2, 0.25) is 0 Å². The van der Waals surface area contributed by atoms with E-state index in [0.717, 1.165) is 25.1 Å². The van der Waals surface area contributed by atoms with Crippen LogP contribution in [0.15, 0.2) is 23.2 Å². The van der Waals surface area contributed by atoms with Crippen LogP contribution in [-0.2, 0) is 0 Å². The molecule has 1 aromatic carbocycles. The molecule has 2 rings (SSSR count). The number of hydrogen-bond acceptors (Lipinski definition) is 2. The molecule has 0 saturated heterocycles. The van der Waals surface area contributed by atoms with E-state index in [-0.39, 0.29) is 5.78 Å². The fourth-order valence-electron chi connectivity index (χ4n) is 1.70. The fraction of sp³-hybridized carbons (Fsp3) is 0.333. The molecule has 1 aromatic rings. The van der Waals surface area contributed by atoms with E-state index in [1.54, 1.807) is 18.2 Å². The van der Waals surface area contributed by atoms with Crippen LogP contribution < -0.4 is 0 Å². The number of rotatable bonds is 3. The van der Waals surface area contributed by atoms with Gasteiger partial charge in [-0.15, -0.1) is 0 Å². The van der Waals surface area contributed by atoms with E-state index in [1.807, 2.05) is 0 Å². The van der Waals surface area contributed by atoms with Crippen LogP contribution in [-0.4, -0.2) is 18.0 Å². The highest BCUT2D eigenvalue weighted by molar-refractivity contribution is 6.42. The average Bonchev–Trinajstić information content (AvgIpc) is 2.74. The Hall–Kier alpha value is -0.860. The largest absolute Gasteiger partial charge is 0.294 e. The van der Waals surface area contributed by atoms with Crippen molar-refractivity contribution < 1.29 is 4.79 Å². The Bertz CT molecular complexity index is 454. The Morgan fingerprint density at radius 1 is 1.31 bits per heavy atom. The van der Waals surface area contributed by atoms with E-state index in [0.29, 0.717) is 22.0 Å². The number of carbonyl (C=O) groups is 1. The Morgan fingerprint density at radius 3 is 2.75 bits per heavy atom. The predicted molar refractivity (Wildman–Crippen MR) is 66.9 cm³/mol. The molecule has 0 amide bonds. The molecule has 1 aliphatic rings. The second-order valence-corrected chi connectivity index (χ2v) is 4.59. The first-order valence-corrected chi connectivity index (χ1v) is 5.93. The number of carbonyl (C=O) groups excluding carboxylic acids is 1. The number of hydrogen-bond donors (Lipinski definition) is 0. The molecule has 0 saturated carbocycles. The number of aliphatic imine (C=N–C) groups is 1. The lowest BCUT2D eigenvalue weighted by atomic mass is 10.0. The van der Waals surface area contributed by atoms with Gasteiger partial charge in [0, 0.05) is 24.2 Å². The number of benzene rings is 1. The standard InChI is InChI=1S/C12H11Cl2NO/c13-10-4-3-8(6-11(10)14)12(16)7-9-2-1-5-15-9/h3-4,6H,1-2,5,7H2. The first-order chi connectivity index (χ1) is 7.66. The lowest BCUT2D eigenvalue weighted by Gasteiger charge is -2.02. The van der Waals surface area contributed by atoms with Crippen molar-refractivity contribution in [3.63, 3.8) is 0 Å². The molecule has 0 aromatic heterocycles. The highest BCUT2D eigenvalue weighted by Gasteiger charge is 2.13. The van der Waals surface area contributed by atoms with Gasteiger partial charge in [0.05, 0.1) is 10.0 Å². The van der Waals surface area contributed by atoms with E-state index in [1.165, 1.54) is 0 Å². The maximum atomic E-state index is 11.9. The summed E-state index contributed by atoms with van der Waals surface area (Å²) in [6.07, 6.45) is 2.40. The van der Waals surface area contributed by atoms with Gasteiger partial charge in [0.25, 0.3) is 0 Å². The van der Waals surface area contributed by atoms with Crippen molar-refractivity contribution >= 4 is 34.7 Å². The molecule has 0 radical (unpaired) electrons. The van der Waals surface area contributed by atoms with Gasteiger partial charge in [0.15, 0.2) is 5.78 Å². The van der Waals surface area contributed by atoms with Crippen LogP contribution in [0.25, 0.3) is 0 Å². The summed E-state index contributed by atoms with van der Waals surface area (Å²) in [5.41, 5.74) is 1.60. The van der Waals surface area contributed by atoms with Gasteiger partial charge in [-0.05, 0) is 31.0 Å². The minimum Gasteiger partial charge on any atom is -0.294 e. The van der Waals surface area contributed by atoms with Crippen LogP contribution >= 0.6 is 23.2 Å². The topological polar surface area (TPSA) is 29.4 Å². The average molecular weight is 256 g/mol. The predicted octanol–water partition coefficient (Wildman–Crippen LogP) is 3.80. The molecule has 0 unspecified atom stereocenters. The lowest BCUT2D eigenvalue weighted by molar-refractivity contribution is 0.100. The van der Waals surface area contributed by atoms with Crippen molar-refractivity contribution in [2.24, 2.45) is 4.99 Å². The van der Waals surface area contributed by atoms with Crippen molar-refractivity contribution in [2.75, 3.05) is 6.54 Å². The zero-order chi connectivity index (χ0) is 11.5. The maximum absolute atomic E-state index is 11.9. The minimum absolute atomic E-state index is 0.0548. The second-order valence-electron chi connectivity index (χ2n) is 3.78. The molecule has 0 spiro atoms. The summed E-state index contributed by atoms with van der Waals surface area (Å²) in [7, 11) is 0. The van der Waals surface area contributed by atoms with Crippen LogP contribution in [0.1, 0.15) is 29.6 Å². The lowest BCUT2D eigenvalue weighted by Crippen LogP contribution is -2.06. The first-order valence-electron chi connectivity index (χ1n) is 5.17. The van der Waals surface area contributed by atoms with E-state index < -0.39 is 0 Å². The Balaban J connectivity index is 2.11. The SMILES string of the molecule is O=C(CC1=NCCC1)c1ccc(Cl)c(Cl)c1. The van der Waals surface area contributed by atoms with E-state index >= 15 is 0 Å². The monoisotopic (exact) mass is 255 g/mol.